The smallest absolute Gasteiger partial charge is 0.254 e. The molecule has 0 radical (unpaired) electrons. The van der Waals surface area contributed by atoms with Crippen LogP contribution < -0.4 is 5.73 Å². The molecule has 1 amide bonds. The molecule has 1 aromatic rings. The zero-order valence-corrected chi connectivity index (χ0v) is 15.1. The Morgan fingerprint density at radius 2 is 1.96 bits per heavy atom. The predicted octanol–water partition coefficient (Wildman–Crippen LogP) is 0.661. The molecule has 1 aromatic carbocycles. The zero-order chi connectivity index (χ0) is 17.9. The number of piperidine rings is 1. The predicted molar refractivity (Wildman–Crippen MR) is 93.7 cm³/mol. The first-order valence-electron chi connectivity index (χ1n) is 8.73. The quantitative estimate of drug-likeness (QED) is 0.844. The number of hydrogen-bond acceptors (Lipinski definition) is 5. The number of amides is 1. The second-order valence-corrected chi connectivity index (χ2v) is 8.37. The Morgan fingerprint density at radius 3 is 2.68 bits per heavy atom. The Labute approximate surface area is 148 Å². The van der Waals surface area contributed by atoms with Gasteiger partial charge in [0, 0.05) is 37.8 Å². The molecule has 2 fully saturated rings. The first kappa shape index (κ1) is 18.3. The summed E-state index contributed by atoms with van der Waals surface area (Å²) in [6.07, 6.45) is 2.92. The standard InChI is InChI=1S/C17H25N3O4S/c18-13-15-5-1-2-7-20(15)17(21)14-4-3-6-16(12-14)25(22,23)19-8-10-24-11-9-19/h3-4,6,12,15H,1-2,5,7-11,13,18H2. The van der Waals surface area contributed by atoms with Gasteiger partial charge in [0.1, 0.15) is 0 Å². The van der Waals surface area contributed by atoms with Crippen LogP contribution in [0.3, 0.4) is 0 Å². The van der Waals surface area contributed by atoms with E-state index in [0.717, 1.165) is 19.3 Å². The van der Waals surface area contributed by atoms with Crippen LogP contribution in [-0.4, -0.2) is 69.0 Å². The van der Waals surface area contributed by atoms with Crippen molar-refractivity contribution in [3.8, 4) is 0 Å². The number of carbonyl (C=O) groups is 1. The number of rotatable bonds is 4. The highest BCUT2D eigenvalue weighted by molar-refractivity contribution is 7.89. The Balaban J connectivity index is 1.84. The summed E-state index contributed by atoms with van der Waals surface area (Å²) < 4.78 is 32.2. The van der Waals surface area contributed by atoms with Crippen molar-refractivity contribution < 1.29 is 17.9 Å². The minimum Gasteiger partial charge on any atom is -0.379 e. The van der Waals surface area contributed by atoms with E-state index in [1.54, 1.807) is 17.0 Å². The minimum atomic E-state index is -3.61. The molecular weight excluding hydrogens is 342 g/mol. The van der Waals surface area contributed by atoms with Crippen LogP contribution in [0.5, 0.6) is 0 Å². The molecule has 138 valence electrons. The fourth-order valence-corrected chi connectivity index (χ4v) is 4.86. The van der Waals surface area contributed by atoms with Crippen LogP contribution in [0.2, 0.25) is 0 Å². The van der Waals surface area contributed by atoms with Crippen LogP contribution >= 0.6 is 0 Å². The minimum absolute atomic E-state index is 0.0285. The molecule has 0 bridgehead atoms. The summed E-state index contributed by atoms with van der Waals surface area (Å²) in [6.45, 7) is 2.55. The molecule has 1 unspecified atom stereocenters. The number of carbonyl (C=O) groups excluding carboxylic acids is 1. The molecule has 0 aromatic heterocycles. The first-order chi connectivity index (χ1) is 12.0. The molecule has 25 heavy (non-hydrogen) atoms. The molecule has 2 saturated heterocycles. The van der Waals surface area contributed by atoms with Crippen LogP contribution in [0.1, 0.15) is 29.6 Å². The van der Waals surface area contributed by atoms with Crippen LogP contribution in [0, 0.1) is 0 Å². The van der Waals surface area contributed by atoms with Gasteiger partial charge in [-0.15, -0.1) is 0 Å². The Hall–Kier alpha value is -1.48. The fourth-order valence-electron chi connectivity index (χ4n) is 3.40. The van der Waals surface area contributed by atoms with Gasteiger partial charge in [-0.1, -0.05) is 6.07 Å². The Morgan fingerprint density at radius 1 is 1.20 bits per heavy atom. The summed E-state index contributed by atoms with van der Waals surface area (Å²) in [7, 11) is -3.61. The molecule has 2 heterocycles. The lowest BCUT2D eigenvalue weighted by atomic mass is 10.0. The van der Waals surface area contributed by atoms with Gasteiger partial charge < -0.3 is 15.4 Å². The molecule has 2 aliphatic rings. The van der Waals surface area contributed by atoms with E-state index in [9.17, 15) is 13.2 Å². The zero-order valence-electron chi connectivity index (χ0n) is 14.3. The molecule has 0 spiro atoms. The van der Waals surface area contributed by atoms with Gasteiger partial charge in [-0.2, -0.15) is 4.31 Å². The van der Waals surface area contributed by atoms with Gasteiger partial charge in [0.05, 0.1) is 18.1 Å². The third kappa shape index (κ3) is 3.87. The number of nitrogens with zero attached hydrogens (tertiary/aromatic N) is 2. The van der Waals surface area contributed by atoms with E-state index < -0.39 is 10.0 Å². The first-order valence-corrected chi connectivity index (χ1v) is 10.2. The van der Waals surface area contributed by atoms with E-state index in [4.69, 9.17) is 10.5 Å². The molecule has 0 saturated carbocycles. The Bertz CT molecular complexity index is 716. The number of sulfonamides is 1. The molecule has 2 aliphatic heterocycles. The summed E-state index contributed by atoms with van der Waals surface area (Å²) in [5.74, 6) is -0.144. The molecule has 8 heteroatoms. The highest BCUT2D eigenvalue weighted by atomic mass is 32.2. The summed E-state index contributed by atoms with van der Waals surface area (Å²) in [6, 6.07) is 6.35. The summed E-state index contributed by atoms with van der Waals surface area (Å²) in [5, 5.41) is 0. The summed E-state index contributed by atoms with van der Waals surface area (Å²) in [4.78, 5) is 14.8. The molecule has 7 nitrogen and oxygen atoms in total. The van der Waals surface area contributed by atoms with E-state index in [1.807, 2.05) is 0 Å². The van der Waals surface area contributed by atoms with Gasteiger partial charge in [-0.05, 0) is 37.5 Å². The van der Waals surface area contributed by atoms with Crippen molar-refractivity contribution in [2.45, 2.75) is 30.2 Å². The number of likely N-dealkylation sites (tertiary alicyclic amines) is 1. The lowest BCUT2D eigenvalue weighted by molar-refractivity contribution is 0.0623. The van der Waals surface area contributed by atoms with Gasteiger partial charge in [-0.3, -0.25) is 4.79 Å². The average molecular weight is 367 g/mol. The van der Waals surface area contributed by atoms with E-state index in [2.05, 4.69) is 0 Å². The van der Waals surface area contributed by atoms with Crippen LogP contribution in [-0.2, 0) is 14.8 Å². The van der Waals surface area contributed by atoms with Gasteiger partial charge in [-0.25, -0.2) is 8.42 Å². The molecular formula is C17H25N3O4S. The molecule has 3 rings (SSSR count). The van der Waals surface area contributed by atoms with Crippen LogP contribution in [0.15, 0.2) is 29.2 Å². The highest BCUT2D eigenvalue weighted by Gasteiger charge is 2.29. The van der Waals surface area contributed by atoms with Gasteiger partial charge in [0.15, 0.2) is 0 Å². The average Bonchev–Trinajstić information content (AvgIpc) is 2.68. The topological polar surface area (TPSA) is 92.9 Å². The number of ether oxygens (including phenoxy) is 1. The van der Waals surface area contributed by atoms with Gasteiger partial charge in [0.25, 0.3) is 5.91 Å². The largest absolute Gasteiger partial charge is 0.379 e. The van der Waals surface area contributed by atoms with E-state index in [1.165, 1.54) is 16.4 Å². The lowest BCUT2D eigenvalue weighted by Crippen LogP contribution is -2.47. The molecule has 1 atom stereocenters. The Kier molecular flexibility index (Phi) is 5.73. The highest BCUT2D eigenvalue weighted by Crippen LogP contribution is 2.22. The fraction of sp³-hybridized carbons (Fsp3) is 0.588. The SMILES string of the molecule is NCC1CCCCN1C(=O)c1cccc(S(=O)(=O)N2CCOCC2)c1. The summed E-state index contributed by atoms with van der Waals surface area (Å²) >= 11 is 0. The van der Waals surface area contributed by atoms with Gasteiger partial charge in [0.2, 0.25) is 10.0 Å². The van der Waals surface area contributed by atoms with Crippen molar-refractivity contribution in [1.82, 2.24) is 9.21 Å². The monoisotopic (exact) mass is 367 g/mol. The van der Waals surface area contributed by atoms with Crippen molar-refractivity contribution in [2.75, 3.05) is 39.4 Å². The third-order valence-corrected chi connectivity index (χ3v) is 6.74. The lowest BCUT2D eigenvalue weighted by Gasteiger charge is -2.35. The second-order valence-electron chi connectivity index (χ2n) is 6.43. The van der Waals surface area contributed by atoms with Crippen LogP contribution in [0.4, 0.5) is 0 Å². The maximum Gasteiger partial charge on any atom is 0.254 e. The number of hydrogen-bond donors (Lipinski definition) is 1. The number of nitrogens with two attached hydrogens (primary N) is 1. The molecule has 0 aliphatic carbocycles. The van der Waals surface area contributed by atoms with Crippen molar-refractivity contribution >= 4 is 15.9 Å². The van der Waals surface area contributed by atoms with Crippen molar-refractivity contribution in [3.63, 3.8) is 0 Å². The normalized spacial score (nSPS) is 22.8. The number of morpholine rings is 1. The number of benzene rings is 1. The summed E-state index contributed by atoms with van der Waals surface area (Å²) in [5.41, 5.74) is 6.20. The van der Waals surface area contributed by atoms with Crippen LogP contribution in [0.25, 0.3) is 0 Å². The van der Waals surface area contributed by atoms with Crippen molar-refractivity contribution in [3.05, 3.63) is 29.8 Å². The maximum atomic E-state index is 12.9. The van der Waals surface area contributed by atoms with Crippen molar-refractivity contribution in [1.29, 1.82) is 0 Å². The van der Waals surface area contributed by atoms with E-state index >= 15 is 0 Å². The second kappa shape index (κ2) is 7.82. The van der Waals surface area contributed by atoms with E-state index in [0.29, 0.717) is 45.0 Å². The van der Waals surface area contributed by atoms with Gasteiger partial charge >= 0.3 is 0 Å². The molecule has 2 N–H and O–H groups in total. The van der Waals surface area contributed by atoms with E-state index in [-0.39, 0.29) is 16.8 Å². The maximum absolute atomic E-state index is 12.9. The van der Waals surface area contributed by atoms with Crippen molar-refractivity contribution in [2.24, 2.45) is 5.73 Å². The third-order valence-electron chi connectivity index (χ3n) is 4.85.